The second kappa shape index (κ2) is 5.35. The fraction of sp³-hybridized carbons (Fsp3) is 0.909. The maximum Gasteiger partial charge on any atom is 0.224 e. The van der Waals surface area contributed by atoms with Gasteiger partial charge in [0.25, 0.3) is 0 Å². The van der Waals surface area contributed by atoms with Crippen LogP contribution in [0.5, 0.6) is 0 Å². The Bertz CT molecular complexity index is 186. The van der Waals surface area contributed by atoms with E-state index in [2.05, 4.69) is 5.32 Å². The predicted molar refractivity (Wildman–Crippen MR) is 55.6 cm³/mol. The summed E-state index contributed by atoms with van der Waals surface area (Å²) in [6, 6.07) is 0. The molecule has 0 aromatic rings. The molecule has 2 N–H and O–H groups in total. The molecule has 0 aliphatic heterocycles. The molecule has 0 aromatic carbocycles. The minimum absolute atomic E-state index is 0.0479. The van der Waals surface area contributed by atoms with Crippen LogP contribution in [0.4, 0.5) is 0 Å². The van der Waals surface area contributed by atoms with Crippen molar-refractivity contribution in [3.8, 4) is 0 Å². The number of carbonyl (C=O) groups is 1. The van der Waals surface area contributed by atoms with E-state index in [1.807, 2.05) is 13.8 Å². The highest BCUT2D eigenvalue weighted by Crippen LogP contribution is 2.25. The summed E-state index contributed by atoms with van der Waals surface area (Å²) in [6.45, 7) is 3.67. The van der Waals surface area contributed by atoms with Crippen LogP contribution in [0.2, 0.25) is 0 Å². The van der Waals surface area contributed by atoms with E-state index < -0.39 is 6.23 Å². The molecular formula is C11H21NO2. The van der Waals surface area contributed by atoms with Crippen LogP contribution in [-0.4, -0.2) is 17.2 Å². The maximum absolute atomic E-state index is 11.3. The zero-order valence-corrected chi connectivity index (χ0v) is 9.12. The normalized spacial score (nSPS) is 20.9. The first-order valence-electron chi connectivity index (χ1n) is 5.59. The second-order valence-electron chi connectivity index (χ2n) is 4.51. The summed E-state index contributed by atoms with van der Waals surface area (Å²) in [5, 5.41) is 12.4. The molecule has 1 amide bonds. The largest absolute Gasteiger partial charge is 0.373 e. The van der Waals surface area contributed by atoms with Crippen molar-refractivity contribution in [3.63, 3.8) is 0 Å². The van der Waals surface area contributed by atoms with E-state index in [-0.39, 0.29) is 17.7 Å². The molecule has 82 valence electrons. The molecule has 0 spiro atoms. The number of nitrogens with one attached hydrogen (secondary N) is 1. The van der Waals surface area contributed by atoms with Gasteiger partial charge in [-0.1, -0.05) is 33.1 Å². The zero-order chi connectivity index (χ0) is 10.6. The highest BCUT2D eigenvalue weighted by Gasteiger charge is 2.23. The lowest BCUT2D eigenvalue weighted by Gasteiger charge is -2.27. The van der Waals surface area contributed by atoms with Crippen molar-refractivity contribution in [1.29, 1.82) is 0 Å². The molecule has 1 unspecified atom stereocenters. The fourth-order valence-electron chi connectivity index (χ4n) is 1.88. The Balaban J connectivity index is 2.32. The summed E-state index contributed by atoms with van der Waals surface area (Å²) < 4.78 is 0. The van der Waals surface area contributed by atoms with Crippen molar-refractivity contribution in [3.05, 3.63) is 0 Å². The van der Waals surface area contributed by atoms with Crippen molar-refractivity contribution in [2.24, 2.45) is 11.8 Å². The van der Waals surface area contributed by atoms with Crippen molar-refractivity contribution >= 4 is 5.91 Å². The van der Waals surface area contributed by atoms with E-state index in [9.17, 15) is 9.90 Å². The quantitative estimate of drug-likeness (QED) is 0.679. The first-order chi connectivity index (χ1) is 6.61. The molecule has 1 aliphatic carbocycles. The van der Waals surface area contributed by atoms with Crippen LogP contribution in [0.1, 0.15) is 46.0 Å². The standard InChI is InChI=1S/C11H21NO2/c1-8(2)10(13)12-11(14)9-6-4-3-5-7-9/h8-9,11,14H,3-7H2,1-2H3,(H,12,13). The second-order valence-corrected chi connectivity index (χ2v) is 4.51. The van der Waals surface area contributed by atoms with E-state index in [0.29, 0.717) is 0 Å². The van der Waals surface area contributed by atoms with Crippen molar-refractivity contribution < 1.29 is 9.90 Å². The molecule has 1 aliphatic rings. The Morgan fingerprint density at radius 2 is 1.86 bits per heavy atom. The number of amides is 1. The summed E-state index contributed by atoms with van der Waals surface area (Å²) in [5.74, 6) is 0.169. The molecule has 1 saturated carbocycles. The Morgan fingerprint density at radius 1 is 1.29 bits per heavy atom. The molecule has 0 saturated heterocycles. The van der Waals surface area contributed by atoms with Crippen molar-refractivity contribution in [2.75, 3.05) is 0 Å². The number of aliphatic hydroxyl groups excluding tert-OH is 1. The lowest BCUT2D eigenvalue weighted by Crippen LogP contribution is -2.42. The number of rotatable bonds is 3. The van der Waals surface area contributed by atoms with E-state index in [1.54, 1.807) is 0 Å². The summed E-state index contributed by atoms with van der Waals surface area (Å²) in [4.78, 5) is 11.3. The average molecular weight is 199 g/mol. The van der Waals surface area contributed by atoms with Crippen LogP contribution in [0.3, 0.4) is 0 Å². The first-order valence-corrected chi connectivity index (χ1v) is 5.59. The van der Waals surface area contributed by atoms with E-state index in [4.69, 9.17) is 0 Å². The molecule has 1 rings (SSSR count). The molecule has 0 bridgehead atoms. The third kappa shape index (κ3) is 3.29. The Hall–Kier alpha value is -0.570. The summed E-state index contributed by atoms with van der Waals surface area (Å²) in [7, 11) is 0. The van der Waals surface area contributed by atoms with Crippen LogP contribution in [-0.2, 0) is 4.79 Å². The fourth-order valence-corrected chi connectivity index (χ4v) is 1.88. The smallest absolute Gasteiger partial charge is 0.224 e. The third-order valence-electron chi connectivity index (χ3n) is 2.91. The van der Waals surface area contributed by atoms with Crippen LogP contribution in [0.25, 0.3) is 0 Å². The average Bonchev–Trinajstić information content (AvgIpc) is 2.19. The summed E-state index contributed by atoms with van der Waals surface area (Å²) >= 11 is 0. The van der Waals surface area contributed by atoms with E-state index in [1.165, 1.54) is 19.3 Å². The molecule has 1 atom stereocenters. The SMILES string of the molecule is CC(C)C(=O)NC(O)C1CCCCC1. The van der Waals surface area contributed by atoms with Gasteiger partial charge in [-0.05, 0) is 12.8 Å². The third-order valence-corrected chi connectivity index (χ3v) is 2.91. The van der Waals surface area contributed by atoms with Gasteiger partial charge in [0.1, 0.15) is 6.23 Å². The number of carbonyl (C=O) groups excluding carboxylic acids is 1. The maximum atomic E-state index is 11.3. The Morgan fingerprint density at radius 3 is 2.36 bits per heavy atom. The first kappa shape index (κ1) is 11.5. The van der Waals surface area contributed by atoms with Gasteiger partial charge in [-0.25, -0.2) is 0 Å². The van der Waals surface area contributed by atoms with Gasteiger partial charge in [0.15, 0.2) is 0 Å². The molecular weight excluding hydrogens is 178 g/mol. The number of hydrogen-bond acceptors (Lipinski definition) is 2. The predicted octanol–water partition coefficient (Wildman–Crippen LogP) is 1.66. The van der Waals surface area contributed by atoms with Crippen LogP contribution >= 0.6 is 0 Å². The van der Waals surface area contributed by atoms with Gasteiger partial charge in [0.05, 0.1) is 0 Å². The van der Waals surface area contributed by atoms with Crippen LogP contribution < -0.4 is 5.32 Å². The van der Waals surface area contributed by atoms with Gasteiger partial charge in [0, 0.05) is 11.8 Å². The molecule has 3 nitrogen and oxygen atoms in total. The molecule has 14 heavy (non-hydrogen) atoms. The number of hydrogen-bond donors (Lipinski definition) is 2. The van der Waals surface area contributed by atoms with Crippen LogP contribution in [0.15, 0.2) is 0 Å². The molecule has 0 radical (unpaired) electrons. The number of aliphatic hydroxyl groups is 1. The molecule has 0 aromatic heterocycles. The molecule has 1 fully saturated rings. The van der Waals surface area contributed by atoms with E-state index >= 15 is 0 Å². The minimum Gasteiger partial charge on any atom is -0.373 e. The van der Waals surface area contributed by atoms with Gasteiger partial charge < -0.3 is 10.4 Å². The monoisotopic (exact) mass is 199 g/mol. The lowest BCUT2D eigenvalue weighted by molar-refractivity contribution is -0.128. The lowest BCUT2D eigenvalue weighted by atomic mass is 9.88. The highest BCUT2D eigenvalue weighted by molar-refractivity contribution is 5.77. The van der Waals surface area contributed by atoms with E-state index in [0.717, 1.165) is 12.8 Å². The Labute approximate surface area is 85.9 Å². The van der Waals surface area contributed by atoms with Gasteiger partial charge in [0.2, 0.25) is 5.91 Å². The molecule has 0 heterocycles. The van der Waals surface area contributed by atoms with Crippen molar-refractivity contribution in [2.45, 2.75) is 52.2 Å². The highest BCUT2D eigenvalue weighted by atomic mass is 16.3. The van der Waals surface area contributed by atoms with Gasteiger partial charge in [-0.3, -0.25) is 4.79 Å². The van der Waals surface area contributed by atoms with Crippen LogP contribution in [0, 0.1) is 11.8 Å². The van der Waals surface area contributed by atoms with Crippen molar-refractivity contribution in [1.82, 2.24) is 5.32 Å². The topological polar surface area (TPSA) is 49.3 Å². The van der Waals surface area contributed by atoms with Gasteiger partial charge in [-0.2, -0.15) is 0 Å². The zero-order valence-electron chi connectivity index (χ0n) is 9.12. The summed E-state index contributed by atoms with van der Waals surface area (Å²) in [6.07, 6.45) is 5.07. The van der Waals surface area contributed by atoms with Gasteiger partial charge in [-0.15, -0.1) is 0 Å². The van der Waals surface area contributed by atoms with Gasteiger partial charge >= 0.3 is 0 Å². The summed E-state index contributed by atoms with van der Waals surface area (Å²) in [5.41, 5.74) is 0. The minimum atomic E-state index is -0.634. The Kier molecular flexibility index (Phi) is 4.39. The molecule has 3 heteroatoms.